The van der Waals surface area contributed by atoms with Crippen molar-refractivity contribution in [3.8, 4) is 0 Å². The standard InChI is InChI=1S/4C2H4O2.2H3N.2Na.4H2O/c4*1-2(3)4;;;;;;;;/h4*1H3,(H,3,4);2*1H3;;;4*1H2/q;;;;;;2*+1;;;;/p-2. The maximum atomic E-state index is 9.00. The summed E-state index contributed by atoms with van der Waals surface area (Å²) in [6.45, 7) is 4.11. The van der Waals surface area contributed by atoms with Crippen LogP contribution in [0.15, 0.2) is 0 Å². The fourth-order valence-electron chi connectivity index (χ4n) is 0. The summed E-state index contributed by atoms with van der Waals surface area (Å²) >= 11 is 0. The number of rotatable bonds is 0. The Morgan fingerprint density at radius 2 is 0.583 bits per heavy atom. The molecule has 0 heterocycles. The number of hydrogen-bond donors (Lipinski definition) is 4. The van der Waals surface area contributed by atoms with Gasteiger partial charge in [-0.2, -0.15) is 0 Å². The maximum Gasteiger partial charge on any atom is 1.00 e. The van der Waals surface area contributed by atoms with E-state index in [1.54, 1.807) is 0 Å². The van der Waals surface area contributed by atoms with Crippen LogP contribution >= 0.6 is 0 Å². The van der Waals surface area contributed by atoms with Crippen molar-refractivity contribution < 1.29 is 121 Å². The second-order valence-electron chi connectivity index (χ2n) is 2.02. The van der Waals surface area contributed by atoms with Crippen LogP contribution in [0.4, 0.5) is 0 Å². The first-order valence-electron chi connectivity index (χ1n) is 3.67. The first kappa shape index (κ1) is 89.4. The monoisotopic (exact) mass is 390 g/mol. The number of carboxylic acid groups (broad SMARTS) is 4. The summed E-state index contributed by atoms with van der Waals surface area (Å²) in [7, 11) is 0. The molecule has 0 aromatic carbocycles. The molecule has 144 valence electrons. The molecule has 0 radical (unpaired) electrons. The van der Waals surface area contributed by atoms with E-state index in [4.69, 9.17) is 39.6 Å². The Labute approximate surface area is 183 Å². The van der Waals surface area contributed by atoms with Gasteiger partial charge >= 0.3 is 59.1 Å². The quantitative estimate of drug-likeness (QED) is 0.282. The third kappa shape index (κ3) is 71100. The van der Waals surface area contributed by atoms with E-state index >= 15 is 0 Å². The molecule has 0 bridgehead atoms. The minimum absolute atomic E-state index is 0. The maximum absolute atomic E-state index is 9.00. The van der Waals surface area contributed by atoms with Gasteiger partial charge in [-0.3, -0.25) is 9.59 Å². The van der Waals surface area contributed by atoms with Crippen LogP contribution in [0.5, 0.6) is 0 Å². The van der Waals surface area contributed by atoms with E-state index < -0.39 is 23.9 Å². The molecule has 0 aliphatic carbocycles. The van der Waals surface area contributed by atoms with Crippen molar-refractivity contribution in [1.29, 1.82) is 0 Å². The molecule has 24 heavy (non-hydrogen) atoms. The van der Waals surface area contributed by atoms with Crippen LogP contribution < -0.4 is 81.6 Å². The van der Waals surface area contributed by atoms with Crippen LogP contribution in [0.25, 0.3) is 0 Å². The molecule has 0 rings (SSSR count). The average molecular weight is 390 g/mol. The summed E-state index contributed by atoms with van der Waals surface area (Å²) in [6.07, 6.45) is 0. The van der Waals surface area contributed by atoms with Crippen molar-refractivity contribution in [3.05, 3.63) is 0 Å². The van der Waals surface area contributed by atoms with Gasteiger partial charge in [0.15, 0.2) is 0 Å². The fourth-order valence-corrected chi connectivity index (χ4v) is 0. The van der Waals surface area contributed by atoms with Gasteiger partial charge in [-0.25, -0.2) is 0 Å². The van der Waals surface area contributed by atoms with Gasteiger partial charge in [-0.15, -0.1) is 0 Å². The predicted molar refractivity (Wildman–Crippen MR) is 72.5 cm³/mol. The summed E-state index contributed by atoms with van der Waals surface area (Å²) < 4.78 is 0. The SMILES string of the molecule is CC(=O)O.CC(=O)O.CC(=O)[O-].CC(=O)[O-].N.N.O.O.O.O.[Na+].[Na+]. The van der Waals surface area contributed by atoms with Crippen molar-refractivity contribution in [3.63, 3.8) is 0 Å². The predicted octanol–water partition coefficient (Wildman–Crippen LogP) is -11.3. The molecule has 0 aromatic heterocycles. The molecule has 0 saturated heterocycles. The van der Waals surface area contributed by atoms with Gasteiger partial charge in [0.05, 0.1) is 0 Å². The van der Waals surface area contributed by atoms with Crippen LogP contribution in [0.2, 0.25) is 0 Å². The number of aliphatic carboxylic acids is 4. The van der Waals surface area contributed by atoms with Crippen molar-refractivity contribution in [2.45, 2.75) is 27.7 Å². The van der Waals surface area contributed by atoms with Crippen LogP contribution in [-0.4, -0.2) is 56.0 Å². The third-order valence-corrected chi connectivity index (χ3v) is 0. The van der Waals surface area contributed by atoms with Crippen LogP contribution in [-0.2, 0) is 19.2 Å². The van der Waals surface area contributed by atoms with Gasteiger partial charge in [0.25, 0.3) is 11.9 Å². The van der Waals surface area contributed by atoms with Crippen molar-refractivity contribution in [2.75, 3.05) is 0 Å². The molecule has 0 fully saturated rings. The Morgan fingerprint density at radius 1 is 0.583 bits per heavy atom. The summed E-state index contributed by atoms with van der Waals surface area (Å²) in [5.74, 6) is -3.83. The van der Waals surface area contributed by atoms with E-state index in [1.807, 2.05) is 0 Å². The van der Waals surface area contributed by atoms with Gasteiger partial charge in [0.2, 0.25) is 0 Å². The molecule has 0 atom stereocenters. The minimum Gasteiger partial charge on any atom is -0.550 e. The second-order valence-corrected chi connectivity index (χ2v) is 2.02. The van der Waals surface area contributed by atoms with Gasteiger partial charge in [-0.05, 0) is 13.8 Å². The summed E-state index contributed by atoms with van der Waals surface area (Å²) in [5.41, 5.74) is 0. The van der Waals surface area contributed by atoms with Gasteiger partial charge < -0.3 is 64.2 Å². The molecule has 14 nitrogen and oxygen atoms in total. The third-order valence-electron chi connectivity index (χ3n) is 0. The van der Waals surface area contributed by atoms with E-state index in [2.05, 4.69) is 0 Å². The van der Waals surface area contributed by atoms with Crippen LogP contribution in [0, 0.1) is 0 Å². The topological polar surface area (TPSA) is 351 Å². The Bertz CT molecular complexity index is 179. The smallest absolute Gasteiger partial charge is 0.550 e. The van der Waals surface area contributed by atoms with Crippen molar-refractivity contribution >= 4 is 23.9 Å². The fraction of sp³-hybridized carbons (Fsp3) is 0.500. The van der Waals surface area contributed by atoms with E-state index in [-0.39, 0.29) is 93.3 Å². The molecule has 16 N–H and O–H groups in total. The van der Waals surface area contributed by atoms with E-state index in [1.165, 1.54) is 0 Å². The molecule has 0 amide bonds. The largest absolute Gasteiger partial charge is 1.00 e. The number of hydrogen-bond acceptors (Lipinski definition) is 8. The molecule has 0 unspecified atom stereocenters. The molecule has 0 aliphatic rings. The zero-order valence-corrected chi connectivity index (χ0v) is 18.8. The van der Waals surface area contributed by atoms with Crippen molar-refractivity contribution in [1.82, 2.24) is 12.3 Å². The molecule has 0 aliphatic heterocycles. The average Bonchev–Trinajstić information content (AvgIpc) is 1.76. The Balaban J connectivity index is -0.00000000720. The zero-order valence-electron chi connectivity index (χ0n) is 14.8. The minimum atomic E-state index is -1.08. The van der Waals surface area contributed by atoms with E-state index in [0.29, 0.717) is 0 Å². The summed E-state index contributed by atoms with van der Waals surface area (Å²) in [6, 6.07) is 0. The molecular formula is C8H28N2Na2O12. The van der Waals surface area contributed by atoms with Gasteiger partial charge in [-0.1, -0.05) is 0 Å². The first-order chi connectivity index (χ1) is 6.93. The van der Waals surface area contributed by atoms with E-state index in [0.717, 1.165) is 27.7 Å². The van der Waals surface area contributed by atoms with Crippen molar-refractivity contribution in [2.24, 2.45) is 0 Å². The Hall–Kier alpha value is -0.360. The van der Waals surface area contributed by atoms with Crippen LogP contribution in [0.1, 0.15) is 27.7 Å². The number of carboxylic acids is 4. The molecule has 0 spiro atoms. The summed E-state index contributed by atoms with van der Waals surface area (Å²) in [4.78, 5) is 35.8. The second kappa shape index (κ2) is 78.3. The normalized spacial score (nSPS) is 4.17. The van der Waals surface area contributed by atoms with E-state index in [9.17, 15) is 0 Å². The molecular weight excluding hydrogens is 362 g/mol. The van der Waals surface area contributed by atoms with Gasteiger partial charge in [0, 0.05) is 25.8 Å². The van der Waals surface area contributed by atoms with Crippen LogP contribution in [0.3, 0.4) is 0 Å². The number of carbonyl (C=O) groups is 4. The van der Waals surface area contributed by atoms with Gasteiger partial charge in [0.1, 0.15) is 0 Å². The first-order valence-corrected chi connectivity index (χ1v) is 3.67. The Kier molecular flexibility index (Phi) is 292. The number of carbonyl (C=O) groups excluding carboxylic acids is 2. The zero-order chi connectivity index (χ0) is 14.3. The molecule has 0 aromatic rings. The summed E-state index contributed by atoms with van der Waals surface area (Å²) in [5, 5.41) is 32.6. The molecule has 0 saturated carbocycles. The Morgan fingerprint density at radius 3 is 0.583 bits per heavy atom. The molecule has 16 heteroatoms.